The number of hydrogen-bond acceptors (Lipinski definition) is 2. The maximum Gasteiger partial charge on any atom is 0.0776 e. The molecule has 0 saturated carbocycles. The lowest BCUT2D eigenvalue weighted by Crippen LogP contribution is -2.07. The van der Waals surface area contributed by atoms with Crippen LogP contribution in [-0.2, 0) is 6.54 Å². The van der Waals surface area contributed by atoms with Crippen LogP contribution in [0, 0.1) is 16.7 Å². The molecule has 0 bridgehead atoms. The van der Waals surface area contributed by atoms with E-state index in [9.17, 15) is 5.11 Å². The zero-order chi connectivity index (χ0) is 12.9. The Hall–Kier alpha value is -1.27. The first-order valence-electron chi connectivity index (χ1n) is 6.19. The Morgan fingerprint density at radius 3 is 2.71 bits per heavy atom. The van der Waals surface area contributed by atoms with Gasteiger partial charge in [0.2, 0.25) is 0 Å². The van der Waals surface area contributed by atoms with Crippen LogP contribution >= 0.6 is 0 Å². The van der Waals surface area contributed by atoms with Crippen molar-refractivity contribution in [3.63, 3.8) is 0 Å². The van der Waals surface area contributed by atoms with Crippen LogP contribution in [0.15, 0.2) is 18.5 Å². The quantitative estimate of drug-likeness (QED) is 0.768. The Morgan fingerprint density at radius 2 is 2.18 bits per heavy atom. The number of aromatic nitrogens is 1. The molecule has 0 radical (unpaired) electrons. The van der Waals surface area contributed by atoms with E-state index in [-0.39, 0.29) is 5.41 Å². The molecule has 1 aromatic rings. The fourth-order valence-corrected chi connectivity index (χ4v) is 1.76. The van der Waals surface area contributed by atoms with Gasteiger partial charge >= 0.3 is 0 Å². The molecule has 1 N–H and O–H groups in total. The third kappa shape index (κ3) is 4.62. The Balaban J connectivity index is 2.29. The minimum atomic E-state index is -0.395. The molecule has 1 rings (SSSR count). The molecule has 17 heavy (non-hydrogen) atoms. The van der Waals surface area contributed by atoms with Crippen LogP contribution < -0.4 is 0 Å². The second-order valence-electron chi connectivity index (χ2n) is 5.31. The molecule has 1 aromatic heterocycles. The summed E-state index contributed by atoms with van der Waals surface area (Å²) in [6.45, 7) is 6.69. The lowest BCUT2D eigenvalue weighted by atomic mass is 9.89. The van der Waals surface area contributed by atoms with Gasteiger partial charge in [0.25, 0.3) is 0 Å². The van der Waals surface area contributed by atoms with Gasteiger partial charge in [-0.1, -0.05) is 6.42 Å². The highest BCUT2D eigenvalue weighted by Crippen LogP contribution is 2.22. The van der Waals surface area contributed by atoms with Crippen molar-refractivity contribution in [1.82, 2.24) is 4.57 Å². The van der Waals surface area contributed by atoms with E-state index in [0.29, 0.717) is 0 Å². The van der Waals surface area contributed by atoms with Crippen LogP contribution in [0.5, 0.6) is 0 Å². The van der Waals surface area contributed by atoms with Gasteiger partial charge in [0.15, 0.2) is 0 Å². The van der Waals surface area contributed by atoms with Gasteiger partial charge in [0.05, 0.1) is 17.6 Å². The number of aryl methyl sites for hydroxylation is 1. The summed E-state index contributed by atoms with van der Waals surface area (Å²) in [7, 11) is 0. The van der Waals surface area contributed by atoms with Crippen molar-refractivity contribution in [2.45, 2.75) is 52.7 Å². The minimum Gasteiger partial charge on any atom is -0.389 e. The molecule has 1 unspecified atom stereocenters. The lowest BCUT2D eigenvalue weighted by molar-refractivity contribution is 0.199. The van der Waals surface area contributed by atoms with Crippen molar-refractivity contribution in [3.05, 3.63) is 24.0 Å². The monoisotopic (exact) mass is 234 g/mol. The van der Waals surface area contributed by atoms with E-state index in [4.69, 9.17) is 5.26 Å². The van der Waals surface area contributed by atoms with E-state index >= 15 is 0 Å². The van der Waals surface area contributed by atoms with Gasteiger partial charge in [-0.25, -0.2) is 0 Å². The average molecular weight is 234 g/mol. The van der Waals surface area contributed by atoms with Crippen LogP contribution in [0.2, 0.25) is 0 Å². The Bertz CT molecular complexity index is 385. The van der Waals surface area contributed by atoms with E-state index in [1.165, 1.54) is 0 Å². The number of hydrogen-bond donors (Lipinski definition) is 1. The average Bonchev–Trinajstić information content (AvgIpc) is 2.73. The molecule has 0 aliphatic rings. The fraction of sp³-hybridized carbons (Fsp3) is 0.643. The van der Waals surface area contributed by atoms with Crippen molar-refractivity contribution in [3.8, 4) is 6.07 Å². The largest absolute Gasteiger partial charge is 0.389 e. The number of nitrogens with zero attached hydrogens (tertiary/aromatic N) is 2. The number of rotatable bonds is 6. The molecule has 3 nitrogen and oxygen atoms in total. The second-order valence-corrected chi connectivity index (χ2v) is 5.31. The number of aliphatic hydroxyl groups excluding tert-OH is 1. The van der Waals surface area contributed by atoms with Gasteiger partial charge in [-0.2, -0.15) is 5.26 Å². The molecule has 0 fully saturated rings. The molecule has 0 aromatic carbocycles. The standard InChI is InChI=1S/C14H22N2O/c1-12(17)13-6-9-16(10-13)8-5-4-7-14(2,3)11-15/h6,9-10,12,17H,4-5,7-8H2,1-3H3. The minimum absolute atomic E-state index is 0.207. The molecule has 0 saturated heterocycles. The Morgan fingerprint density at radius 1 is 1.47 bits per heavy atom. The summed E-state index contributed by atoms with van der Waals surface area (Å²) in [5.41, 5.74) is 0.754. The van der Waals surface area contributed by atoms with Gasteiger partial charge < -0.3 is 9.67 Å². The van der Waals surface area contributed by atoms with E-state index in [2.05, 4.69) is 10.6 Å². The zero-order valence-electron chi connectivity index (χ0n) is 11.0. The maximum atomic E-state index is 9.40. The van der Waals surface area contributed by atoms with Crippen molar-refractivity contribution in [2.24, 2.45) is 5.41 Å². The van der Waals surface area contributed by atoms with E-state index in [1.807, 2.05) is 32.3 Å². The summed E-state index contributed by atoms with van der Waals surface area (Å²) in [6.07, 6.45) is 6.65. The summed E-state index contributed by atoms with van der Waals surface area (Å²) in [5.74, 6) is 0. The van der Waals surface area contributed by atoms with E-state index < -0.39 is 6.10 Å². The van der Waals surface area contributed by atoms with Crippen LogP contribution in [0.3, 0.4) is 0 Å². The number of nitriles is 1. The molecule has 0 spiro atoms. The summed E-state index contributed by atoms with van der Waals surface area (Å²) in [5, 5.41) is 18.3. The molecular weight excluding hydrogens is 212 g/mol. The molecule has 0 aliphatic carbocycles. The Labute approximate surface area is 104 Å². The SMILES string of the molecule is CC(O)c1ccn(CCCCC(C)(C)C#N)c1. The van der Waals surface area contributed by atoms with Crippen LogP contribution in [0.1, 0.15) is 51.7 Å². The molecule has 1 heterocycles. The normalized spacial score (nSPS) is 13.4. The first kappa shape index (κ1) is 13.8. The van der Waals surface area contributed by atoms with Crippen LogP contribution in [-0.4, -0.2) is 9.67 Å². The predicted octanol–water partition coefficient (Wildman–Crippen LogP) is 3.26. The predicted molar refractivity (Wildman–Crippen MR) is 68.3 cm³/mol. The van der Waals surface area contributed by atoms with Gasteiger partial charge in [-0.15, -0.1) is 0 Å². The smallest absolute Gasteiger partial charge is 0.0776 e. The van der Waals surface area contributed by atoms with E-state index in [1.54, 1.807) is 6.92 Å². The molecular formula is C14H22N2O. The van der Waals surface area contributed by atoms with Crippen molar-refractivity contribution < 1.29 is 5.11 Å². The van der Waals surface area contributed by atoms with Gasteiger partial charge in [0, 0.05) is 18.9 Å². The highest BCUT2D eigenvalue weighted by molar-refractivity contribution is 5.12. The summed E-state index contributed by atoms with van der Waals surface area (Å²) >= 11 is 0. The van der Waals surface area contributed by atoms with E-state index in [0.717, 1.165) is 31.4 Å². The zero-order valence-corrected chi connectivity index (χ0v) is 11.0. The molecule has 0 amide bonds. The highest BCUT2D eigenvalue weighted by atomic mass is 16.3. The lowest BCUT2D eigenvalue weighted by Gasteiger charge is -2.14. The summed E-state index contributed by atoms with van der Waals surface area (Å²) < 4.78 is 2.10. The third-order valence-corrected chi connectivity index (χ3v) is 3.03. The van der Waals surface area contributed by atoms with Gasteiger partial charge in [-0.3, -0.25) is 0 Å². The van der Waals surface area contributed by atoms with Gasteiger partial charge in [0.1, 0.15) is 0 Å². The molecule has 94 valence electrons. The van der Waals surface area contributed by atoms with Crippen molar-refractivity contribution in [1.29, 1.82) is 5.26 Å². The van der Waals surface area contributed by atoms with Crippen molar-refractivity contribution in [2.75, 3.05) is 0 Å². The first-order valence-corrected chi connectivity index (χ1v) is 6.19. The molecule has 1 atom stereocenters. The topological polar surface area (TPSA) is 49.0 Å². The molecule has 3 heteroatoms. The van der Waals surface area contributed by atoms with Crippen LogP contribution in [0.25, 0.3) is 0 Å². The van der Waals surface area contributed by atoms with Crippen molar-refractivity contribution >= 4 is 0 Å². The first-order chi connectivity index (χ1) is 7.94. The fourth-order valence-electron chi connectivity index (χ4n) is 1.76. The molecule has 0 aliphatic heterocycles. The summed E-state index contributed by atoms with van der Waals surface area (Å²) in [6, 6.07) is 4.27. The number of aliphatic hydroxyl groups is 1. The second kappa shape index (κ2) is 5.88. The highest BCUT2D eigenvalue weighted by Gasteiger charge is 2.15. The third-order valence-electron chi connectivity index (χ3n) is 3.03. The maximum absolute atomic E-state index is 9.40. The summed E-state index contributed by atoms with van der Waals surface area (Å²) in [4.78, 5) is 0. The van der Waals surface area contributed by atoms with Gasteiger partial charge in [-0.05, 0) is 45.2 Å². The number of unbranched alkanes of at least 4 members (excludes halogenated alkanes) is 1. The van der Waals surface area contributed by atoms with Crippen LogP contribution in [0.4, 0.5) is 0 Å². The Kier molecular flexibility index (Phi) is 4.77.